The van der Waals surface area contributed by atoms with Crippen LogP contribution in [0.25, 0.3) is 0 Å². The molecule has 14 heteroatoms. The number of sulfonamides is 1. The van der Waals surface area contributed by atoms with Crippen molar-refractivity contribution < 1.29 is 27.9 Å². The van der Waals surface area contributed by atoms with E-state index in [0.717, 1.165) is 0 Å². The van der Waals surface area contributed by atoms with Crippen molar-refractivity contribution in [3.63, 3.8) is 0 Å². The average Bonchev–Trinajstić information content (AvgIpc) is 2.76. The Bertz CT molecular complexity index is 1110. The number of carbonyl (C=O) groups is 3. The predicted molar refractivity (Wildman–Crippen MR) is 128 cm³/mol. The van der Waals surface area contributed by atoms with Crippen LogP contribution >= 0.6 is 12.4 Å². The van der Waals surface area contributed by atoms with Gasteiger partial charge in [-0.3, -0.25) is 25.1 Å². The molecule has 0 saturated carbocycles. The molecule has 0 bridgehead atoms. The first kappa shape index (κ1) is 28.5. The van der Waals surface area contributed by atoms with Crippen LogP contribution in [0.2, 0.25) is 0 Å². The molecule has 0 heterocycles. The van der Waals surface area contributed by atoms with Gasteiger partial charge < -0.3 is 21.5 Å². The molecule has 0 fully saturated rings. The minimum Gasteiger partial charge on any atom is -0.394 e. The van der Waals surface area contributed by atoms with Crippen molar-refractivity contribution in [2.75, 3.05) is 18.5 Å². The van der Waals surface area contributed by atoms with Crippen LogP contribution < -0.4 is 26.4 Å². The number of hydrogen-bond acceptors (Lipinski definition) is 7. The predicted octanol–water partition coefficient (Wildman–Crippen LogP) is -0.733. The fourth-order valence-corrected chi connectivity index (χ4v) is 3.95. The van der Waals surface area contributed by atoms with Gasteiger partial charge in [0, 0.05) is 11.3 Å². The first-order valence-electron chi connectivity index (χ1n) is 9.57. The average molecular weight is 513 g/mol. The SMILES string of the molecule is Cl.N=C(N)Nc1ccc(C(=O)NC(=O)CNC(=O)[C@H](CO)NS(=O)(=O)Cc2ccccc2)cc1. The van der Waals surface area contributed by atoms with E-state index in [2.05, 4.69) is 20.7 Å². The van der Waals surface area contributed by atoms with Crippen molar-refractivity contribution in [3.8, 4) is 0 Å². The Morgan fingerprint density at radius 1 is 1.03 bits per heavy atom. The third-order valence-electron chi connectivity index (χ3n) is 4.12. The van der Waals surface area contributed by atoms with Crippen molar-refractivity contribution >= 4 is 51.8 Å². The Kier molecular flexibility index (Phi) is 11.1. The number of hydrogen-bond donors (Lipinski definition) is 7. The summed E-state index contributed by atoms with van der Waals surface area (Å²) >= 11 is 0. The zero-order chi connectivity index (χ0) is 24.4. The van der Waals surface area contributed by atoms with Gasteiger partial charge in [0.05, 0.1) is 18.9 Å². The van der Waals surface area contributed by atoms with Crippen molar-refractivity contribution in [2.24, 2.45) is 5.73 Å². The highest BCUT2D eigenvalue weighted by Gasteiger charge is 2.24. The van der Waals surface area contributed by atoms with E-state index in [1.54, 1.807) is 30.3 Å². The number of halogens is 1. The number of aliphatic hydroxyl groups is 1. The summed E-state index contributed by atoms with van der Waals surface area (Å²) < 4.78 is 26.6. The van der Waals surface area contributed by atoms with Crippen molar-refractivity contribution in [2.45, 2.75) is 11.8 Å². The lowest BCUT2D eigenvalue weighted by Gasteiger charge is -2.16. The summed E-state index contributed by atoms with van der Waals surface area (Å²) in [5.41, 5.74) is 6.32. The molecule has 184 valence electrons. The van der Waals surface area contributed by atoms with Crippen LogP contribution in [0, 0.1) is 5.41 Å². The fourth-order valence-electron chi connectivity index (χ4n) is 2.62. The van der Waals surface area contributed by atoms with Crippen LogP contribution in [0.3, 0.4) is 0 Å². The number of aliphatic hydroxyl groups excluding tert-OH is 1. The maximum Gasteiger partial charge on any atom is 0.257 e. The molecule has 0 aromatic heterocycles. The van der Waals surface area contributed by atoms with Crippen LogP contribution in [0.15, 0.2) is 54.6 Å². The molecule has 34 heavy (non-hydrogen) atoms. The lowest BCUT2D eigenvalue weighted by molar-refractivity contribution is -0.127. The summed E-state index contributed by atoms with van der Waals surface area (Å²) in [4.78, 5) is 36.3. The normalized spacial score (nSPS) is 11.4. The lowest BCUT2D eigenvalue weighted by atomic mass is 10.2. The standard InChI is InChI=1S/C20H24N6O6S.ClH/c21-20(22)24-15-8-6-14(7-9-15)18(29)25-17(28)10-23-19(30)16(11-27)26-33(31,32)12-13-4-2-1-3-5-13;/h1-9,16,26-27H,10-12H2,(H,23,30)(H4,21,22,24)(H,25,28,29);1H/t16-;/m0./s1. The van der Waals surface area contributed by atoms with Gasteiger partial charge in [-0.15, -0.1) is 12.4 Å². The highest BCUT2D eigenvalue weighted by Crippen LogP contribution is 2.09. The molecule has 12 nitrogen and oxygen atoms in total. The molecule has 0 radical (unpaired) electrons. The Hall–Kier alpha value is -3.52. The number of guanidine groups is 1. The van der Waals surface area contributed by atoms with Gasteiger partial charge >= 0.3 is 0 Å². The fraction of sp³-hybridized carbons (Fsp3) is 0.200. The van der Waals surface area contributed by atoms with E-state index in [-0.39, 0.29) is 23.9 Å². The largest absolute Gasteiger partial charge is 0.394 e. The van der Waals surface area contributed by atoms with E-state index in [0.29, 0.717) is 11.3 Å². The van der Waals surface area contributed by atoms with Gasteiger partial charge in [-0.1, -0.05) is 30.3 Å². The Labute approximate surface area is 202 Å². The number of nitrogens with one attached hydrogen (secondary N) is 5. The molecule has 2 rings (SSSR count). The van der Waals surface area contributed by atoms with Gasteiger partial charge in [0.1, 0.15) is 6.04 Å². The van der Waals surface area contributed by atoms with Gasteiger partial charge in [0.15, 0.2) is 5.96 Å². The molecule has 0 aliphatic carbocycles. The number of nitrogens with two attached hydrogens (primary N) is 1. The van der Waals surface area contributed by atoms with Crippen LogP contribution in [-0.4, -0.2) is 56.4 Å². The second kappa shape index (κ2) is 13.3. The number of imide groups is 1. The van der Waals surface area contributed by atoms with E-state index < -0.39 is 52.7 Å². The number of amides is 3. The number of anilines is 1. The maximum atomic E-state index is 12.2. The molecule has 3 amide bonds. The van der Waals surface area contributed by atoms with E-state index in [9.17, 15) is 27.9 Å². The van der Waals surface area contributed by atoms with E-state index in [4.69, 9.17) is 11.1 Å². The monoisotopic (exact) mass is 512 g/mol. The quantitative estimate of drug-likeness (QED) is 0.159. The van der Waals surface area contributed by atoms with Gasteiger partial charge in [-0.25, -0.2) is 13.1 Å². The highest BCUT2D eigenvalue weighted by molar-refractivity contribution is 7.88. The van der Waals surface area contributed by atoms with Gasteiger partial charge in [-0.05, 0) is 29.8 Å². The first-order chi connectivity index (χ1) is 15.6. The minimum atomic E-state index is -3.95. The van der Waals surface area contributed by atoms with Gasteiger partial charge in [0.2, 0.25) is 21.8 Å². The zero-order valence-electron chi connectivity index (χ0n) is 17.8. The lowest BCUT2D eigenvalue weighted by Crippen LogP contribution is -2.51. The van der Waals surface area contributed by atoms with Crippen LogP contribution in [0.4, 0.5) is 5.69 Å². The third-order valence-corrected chi connectivity index (χ3v) is 5.48. The Morgan fingerprint density at radius 2 is 1.65 bits per heavy atom. The van der Waals surface area contributed by atoms with Gasteiger partial charge in [-0.2, -0.15) is 0 Å². The molecule has 1 atom stereocenters. The van der Waals surface area contributed by atoms with Gasteiger partial charge in [0.25, 0.3) is 5.91 Å². The van der Waals surface area contributed by atoms with Crippen LogP contribution in [0.5, 0.6) is 0 Å². The second-order valence-electron chi connectivity index (χ2n) is 6.81. The van der Waals surface area contributed by atoms with Crippen molar-refractivity contribution in [3.05, 3.63) is 65.7 Å². The minimum absolute atomic E-state index is 0. The molecular weight excluding hydrogens is 488 g/mol. The van der Waals surface area contributed by atoms with Crippen molar-refractivity contribution in [1.29, 1.82) is 5.41 Å². The zero-order valence-corrected chi connectivity index (χ0v) is 19.4. The van der Waals surface area contributed by atoms with Crippen LogP contribution in [0.1, 0.15) is 15.9 Å². The molecule has 0 aliphatic heterocycles. The molecule has 0 saturated heterocycles. The third kappa shape index (κ3) is 9.54. The topological polar surface area (TPSA) is 204 Å². The second-order valence-corrected chi connectivity index (χ2v) is 8.56. The van der Waals surface area contributed by atoms with E-state index in [1.165, 1.54) is 24.3 Å². The first-order valence-corrected chi connectivity index (χ1v) is 11.2. The number of carbonyl (C=O) groups excluding carboxylic acids is 3. The van der Waals surface area contributed by atoms with E-state index >= 15 is 0 Å². The molecule has 0 aliphatic rings. The smallest absolute Gasteiger partial charge is 0.257 e. The number of rotatable bonds is 10. The molecule has 0 spiro atoms. The summed E-state index contributed by atoms with van der Waals surface area (Å²) in [6.07, 6.45) is 0. The summed E-state index contributed by atoms with van der Waals surface area (Å²) in [5, 5.41) is 23.3. The summed E-state index contributed by atoms with van der Waals surface area (Å²) in [6, 6.07) is 12.5. The maximum absolute atomic E-state index is 12.2. The summed E-state index contributed by atoms with van der Waals surface area (Å²) in [7, 11) is -3.95. The summed E-state index contributed by atoms with van der Waals surface area (Å²) in [5.74, 6) is -3.18. The molecule has 2 aromatic rings. The summed E-state index contributed by atoms with van der Waals surface area (Å²) in [6.45, 7) is -1.45. The van der Waals surface area contributed by atoms with Crippen molar-refractivity contribution in [1.82, 2.24) is 15.4 Å². The Balaban J connectivity index is 0.00000578. The molecule has 8 N–H and O–H groups in total. The molecular formula is C20H25ClN6O6S. The van der Waals surface area contributed by atoms with Crippen LogP contribution in [-0.2, 0) is 25.4 Å². The van der Waals surface area contributed by atoms with E-state index in [1.807, 2.05) is 0 Å². The number of benzene rings is 2. The molecule has 0 unspecified atom stereocenters. The highest BCUT2D eigenvalue weighted by atomic mass is 35.5. The Morgan fingerprint density at radius 3 is 2.21 bits per heavy atom. The molecule has 2 aromatic carbocycles.